The molecule has 0 aliphatic carbocycles. The third kappa shape index (κ3) is 4.39. The molecule has 1 aliphatic heterocycles. The predicted octanol–water partition coefficient (Wildman–Crippen LogP) is 3.30. The Kier molecular flexibility index (Phi) is 6.69. The molecule has 0 aromatic heterocycles. The van der Waals surface area contributed by atoms with Gasteiger partial charge < -0.3 is 10.2 Å². The second kappa shape index (κ2) is 8.28. The molecule has 20 heavy (non-hydrogen) atoms. The molecule has 112 valence electrons. The van der Waals surface area contributed by atoms with Crippen LogP contribution >= 0.6 is 23.4 Å². The zero-order chi connectivity index (χ0) is 14.4. The van der Waals surface area contributed by atoms with Crippen molar-refractivity contribution in [1.82, 2.24) is 10.2 Å². The van der Waals surface area contributed by atoms with E-state index in [0.717, 1.165) is 18.0 Å². The van der Waals surface area contributed by atoms with Crippen LogP contribution in [-0.2, 0) is 6.42 Å². The van der Waals surface area contributed by atoms with Gasteiger partial charge in [0.05, 0.1) is 0 Å². The Labute approximate surface area is 132 Å². The van der Waals surface area contributed by atoms with Crippen molar-refractivity contribution in [3.8, 4) is 0 Å². The molecular weight excluding hydrogens is 288 g/mol. The minimum atomic E-state index is 0.479. The van der Waals surface area contributed by atoms with Gasteiger partial charge in [-0.3, -0.25) is 0 Å². The van der Waals surface area contributed by atoms with Gasteiger partial charge in [0, 0.05) is 35.2 Å². The molecule has 1 aromatic carbocycles. The fourth-order valence-electron chi connectivity index (χ4n) is 2.70. The molecule has 4 heteroatoms. The highest BCUT2D eigenvalue weighted by molar-refractivity contribution is 7.99. The van der Waals surface area contributed by atoms with Crippen LogP contribution < -0.4 is 5.32 Å². The number of halogens is 1. The summed E-state index contributed by atoms with van der Waals surface area (Å²) in [6, 6.07) is 9.30. The molecule has 1 fully saturated rings. The molecule has 0 saturated carbocycles. The Balaban J connectivity index is 2.08. The summed E-state index contributed by atoms with van der Waals surface area (Å²) in [5.41, 5.74) is 1.26. The summed E-state index contributed by atoms with van der Waals surface area (Å²) < 4.78 is 0. The molecule has 1 N–H and O–H groups in total. The zero-order valence-electron chi connectivity index (χ0n) is 12.4. The van der Waals surface area contributed by atoms with Crippen LogP contribution in [0.25, 0.3) is 0 Å². The van der Waals surface area contributed by atoms with Gasteiger partial charge in [0.2, 0.25) is 0 Å². The summed E-state index contributed by atoms with van der Waals surface area (Å²) in [4.78, 5) is 2.50. The lowest BCUT2D eigenvalue weighted by molar-refractivity contribution is 0.213. The van der Waals surface area contributed by atoms with E-state index in [9.17, 15) is 0 Å². The van der Waals surface area contributed by atoms with Crippen molar-refractivity contribution < 1.29 is 0 Å². The average molecular weight is 313 g/mol. The Morgan fingerprint density at radius 2 is 2.25 bits per heavy atom. The summed E-state index contributed by atoms with van der Waals surface area (Å²) in [5, 5.41) is 4.62. The van der Waals surface area contributed by atoms with Crippen molar-refractivity contribution in [2.24, 2.45) is 0 Å². The van der Waals surface area contributed by atoms with Gasteiger partial charge in [-0.15, -0.1) is 0 Å². The molecule has 2 nitrogen and oxygen atoms in total. The zero-order valence-corrected chi connectivity index (χ0v) is 14.0. The maximum Gasteiger partial charge on any atom is 0.0438 e. The van der Waals surface area contributed by atoms with Crippen molar-refractivity contribution >= 4 is 23.4 Å². The average Bonchev–Trinajstić information content (AvgIpc) is 2.46. The largest absolute Gasteiger partial charge is 0.312 e. The van der Waals surface area contributed by atoms with E-state index in [1.54, 1.807) is 0 Å². The lowest BCUT2D eigenvalue weighted by atomic mass is 9.99. The Morgan fingerprint density at radius 3 is 2.95 bits per heavy atom. The molecule has 0 amide bonds. The first kappa shape index (κ1) is 16.2. The second-order valence-electron chi connectivity index (χ2n) is 5.48. The molecule has 2 atom stereocenters. The van der Waals surface area contributed by atoms with E-state index in [1.807, 2.05) is 12.1 Å². The molecule has 0 spiro atoms. The highest BCUT2D eigenvalue weighted by Crippen LogP contribution is 2.22. The van der Waals surface area contributed by atoms with E-state index in [4.69, 9.17) is 11.6 Å². The molecule has 2 unspecified atom stereocenters. The third-order valence-corrected chi connectivity index (χ3v) is 5.38. The fraction of sp³-hybridized carbons (Fsp3) is 0.625. The van der Waals surface area contributed by atoms with Crippen molar-refractivity contribution in [1.29, 1.82) is 0 Å². The van der Waals surface area contributed by atoms with Crippen molar-refractivity contribution in [3.63, 3.8) is 0 Å². The van der Waals surface area contributed by atoms with Gasteiger partial charge in [-0.2, -0.15) is 11.8 Å². The van der Waals surface area contributed by atoms with Crippen molar-refractivity contribution in [2.75, 3.05) is 31.6 Å². The summed E-state index contributed by atoms with van der Waals surface area (Å²) in [5.74, 6) is 2.46. The van der Waals surface area contributed by atoms with E-state index in [0.29, 0.717) is 12.1 Å². The molecule has 0 radical (unpaired) electrons. The normalized spacial score (nSPS) is 21.9. The molecular formula is C16H25ClN2S. The Morgan fingerprint density at radius 1 is 1.45 bits per heavy atom. The Hall–Kier alpha value is -0.220. The molecule has 1 saturated heterocycles. The first-order valence-electron chi connectivity index (χ1n) is 7.47. The molecule has 2 rings (SSSR count). The minimum absolute atomic E-state index is 0.479. The number of nitrogens with one attached hydrogen (secondary N) is 1. The quantitative estimate of drug-likeness (QED) is 0.867. The fourth-order valence-corrected chi connectivity index (χ4v) is 4.23. The first-order valence-corrected chi connectivity index (χ1v) is 9.00. The van der Waals surface area contributed by atoms with Gasteiger partial charge in [-0.25, -0.2) is 0 Å². The molecule has 1 aromatic rings. The lowest BCUT2D eigenvalue weighted by Crippen LogP contribution is -2.53. The minimum Gasteiger partial charge on any atom is -0.312 e. The number of benzene rings is 1. The highest BCUT2D eigenvalue weighted by Gasteiger charge is 2.28. The predicted molar refractivity (Wildman–Crippen MR) is 91.0 cm³/mol. The van der Waals surface area contributed by atoms with Gasteiger partial charge in [0.25, 0.3) is 0 Å². The van der Waals surface area contributed by atoms with Crippen LogP contribution in [0.4, 0.5) is 0 Å². The standard InChI is InChI=1S/C16H25ClN2S/c1-3-8-18-15(16-12-20-10-9-19(16)2)11-13-6-4-5-7-14(13)17/h4-7,15-16,18H,3,8-12H2,1-2H3. The van der Waals surface area contributed by atoms with Gasteiger partial charge in [-0.1, -0.05) is 36.7 Å². The monoisotopic (exact) mass is 312 g/mol. The number of thioether (sulfide) groups is 1. The number of likely N-dealkylation sites (N-methyl/N-ethyl adjacent to an activating group) is 1. The van der Waals surface area contributed by atoms with Crippen LogP contribution in [0.2, 0.25) is 5.02 Å². The maximum atomic E-state index is 6.33. The van der Waals surface area contributed by atoms with Gasteiger partial charge in [-0.05, 0) is 38.1 Å². The van der Waals surface area contributed by atoms with Gasteiger partial charge in [0.15, 0.2) is 0 Å². The van der Waals surface area contributed by atoms with Crippen LogP contribution in [0.5, 0.6) is 0 Å². The molecule has 0 bridgehead atoms. The first-order chi connectivity index (χ1) is 9.72. The van der Waals surface area contributed by atoms with Crippen molar-refractivity contribution in [2.45, 2.75) is 31.8 Å². The topological polar surface area (TPSA) is 15.3 Å². The smallest absolute Gasteiger partial charge is 0.0438 e. The van der Waals surface area contributed by atoms with E-state index in [1.165, 1.54) is 30.0 Å². The number of hydrogen-bond donors (Lipinski definition) is 1. The van der Waals surface area contributed by atoms with Crippen LogP contribution in [0.3, 0.4) is 0 Å². The summed E-state index contributed by atoms with van der Waals surface area (Å²) >= 11 is 8.40. The van der Waals surface area contributed by atoms with E-state index < -0.39 is 0 Å². The maximum absolute atomic E-state index is 6.33. The van der Waals surface area contributed by atoms with Gasteiger partial charge >= 0.3 is 0 Å². The summed E-state index contributed by atoms with van der Waals surface area (Å²) in [6.07, 6.45) is 2.18. The van der Waals surface area contributed by atoms with Crippen LogP contribution in [0, 0.1) is 0 Å². The highest BCUT2D eigenvalue weighted by atomic mass is 35.5. The SMILES string of the molecule is CCCNC(Cc1ccccc1Cl)C1CSCCN1C. The molecule has 1 heterocycles. The Bertz CT molecular complexity index is 413. The summed E-state index contributed by atoms with van der Waals surface area (Å²) in [6.45, 7) is 4.48. The van der Waals surface area contributed by atoms with Crippen LogP contribution in [-0.4, -0.2) is 48.6 Å². The number of hydrogen-bond acceptors (Lipinski definition) is 3. The van der Waals surface area contributed by atoms with Gasteiger partial charge in [0.1, 0.15) is 0 Å². The summed E-state index contributed by atoms with van der Waals surface area (Å²) in [7, 11) is 2.25. The van der Waals surface area contributed by atoms with Crippen LogP contribution in [0.15, 0.2) is 24.3 Å². The van der Waals surface area contributed by atoms with Crippen LogP contribution in [0.1, 0.15) is 18.9 Å². The second-order valence-corrected chi connectivity index (χ2v) is 7.04. The molecule has 1 aliphatic rings. The number of nitrogens with zero attached hydrogens (tertiary/aromatic N) is 1. The lowest BCUT2D eigenvalue weighted by Gasteiger charge is -2.38. The van der Waals surface area contributed by atoms with E-state index >= 15 is 0 Å². The van der Waals surface area contributed by atoms with Crippen molar-refractivity contribution in [3.05, 3.63) is 34.9 Å². The third-order valence-electron chi connectivity index (χ3n) is 3.96. The van der Waals surface area contributed by atoms with E-state index in [2.05, 4.69) is 48.1 Å². The van der Waals surface area contributed by atoms with E-state index in [-0.39, 0.29) is 0 Å². The number of rotatable bonds is 6.